The van der Waals surface area contributed by atoms with Crippen molar-refractivity contribution in [1.82, 2.24) is 4.90 Å². The zero-order valence-electron chi connectivity index (χ0n) is 14.7. The minimum absolute atomic E-state index is 0.0372. The van der Waals surface area contributed by atoms with Crippen LogP contribution in [-0.4, -0.2) is 21.2 Å². The molecule has 7 heteroatoms. The Kier molecular flexibility index (Phi) is 7.04. The lowest BCUT2D eigenvalue weighted by Gasteiger charge is -2.35. The summed E-state index contributed by atoms with van der Waals surface area (Å²) in [5, 5.41) is 22.2. The Morgan fingerprint density at radius 2 is 1.19 bits per heavy atom. The summed E-state index contributed by atoms with van der Waals surface area (Å²) in [5.41, 5.74) is 1.32. The summed E-state index contributed by atoms with van der Waals surface area (Å²) in [5.74, 6) is 0.0745. The standard InChI is InChI=1S/C20H21Cl4NO2/c21-14-6-12(19(26)17(23)8-14)10-25(16-4-2-1-3-5-16)11-13-7-15(22)9-18(24)20(13)27/h6-9,16,26-27H,1-5,10-11H2. The smallest absolute Gasteiger partial charge is 0.138 e. The lowest BCUT2D eigenvalue weighted by atomic mass is 9.93. The van der Waals surface area contributed by atoms with Crippen LogP contribution in [0, 0.1) is 0 Å². The average Bonchev–Trinajstić information content (AvgIpc) is 2.63. The van der Waals surface area contributed by atoms with Crippen LogP contribution in [-0.2, 0) is 13.1 Å². The van der Waals surface area contributed by atoms with Crippen molar-refractivity contribution in [3.8, 4) is 11.5 Å². The first kappa shape index (κ1) is 20.9. The second-order valence-corrected chi connectivity index (χ2v) is 8.67. The molecule has 2 aromatic carbocycles. The van der Waals surface area contributed by atoms with Gasteiger partial charge in [0.2, 0.25) is 0 Å². The first-order valence-corrected chi connectivity index (χ1v) is 10.4. The van der Waals surface area contributed by atoms with Gasteiger partial charge in [-0.05, 0) is 37.1 Å². The fourth-order valence-electron chi connectivity index (χ4n) is 3.68. The summed E-state index contributed by atoms with van der Waals surface area (Å²) >= 11 is 24.4. The molecule has 146 valence electrons. The fourth-order valence-corrected chi connectivity index (χ4v) is 4.75. The van der Waals surface area contributed by atoms with Gasteiger partial charge >= 0.3 is 0 Å². The van der Waals surface area contributed by atoms with Crippen molar-refractivity contribution < 1.29 is 10.2 Å². The van der Waals surface area contributed by atoms with Crippen LogP contribution in [0.1, 0.15) is 43.2 Å². The van der Waals surface area contributed by atoms with Gasteiger partial charge in [-0.15, -0.1) is 0 Å². The molecule has 3 nitrogen and oxygen atoms in total. The van der Waals surface area contributed by atoms with E-state index in [-0.39, 0.29) is 21.5 Å². The van der Waals surface area contributed by atoms with E-state index in [9.17, 15) is 10.2 Å². The van der Waals surface area contributed by atoms with Gasteiger partial charge in [0.25, 0.3) is 0 Å². The molecule has 2 N–H and O–H groups in total. The van der Waals surface area contributed by atoms with E-state index in [1.54, 1.807) is 12.1 Å². The quantitative estimate of drug-likeness (QED) is 0.515. The fraction of sp³-hybridized carbons (Fsp3) is 0.400. The van der Waals surface area contributed by atoms with Crippen LogP contribution in [0.25, 0.3) is 0 Å². The molecule has 0 spiro atoms. The van der Waals surface area contributed by atoms with E-state index >= 15 is 0 Å². The van der Waals surface area contributed by atoms with Crippen molar-refractivity contribution in [3.63, 3.8) is 0 Å². The topological polar surface area (TPSA) is 43.7 Å². The predicted octanol–water partition coefficient (Wildman–Crippen LogP) is 7.05. The molecule has 0 unspecified atom stereocenters. The van der Waals surface area contributed by atoms with Gasteiger partial charge in [-0.2, -0.15) is 0 Å². The van der Waals surface area contributed by atoms with Crippen LogP contribution in [0.2, 0.25) is 20.1 Å². The Hall–Kier alpha value is -0.840. The molecule has 1 aliphatic carbocycles. The maximum atomic E-state index is 10.4. The molecule has 3 rings (SSSR count). The first-order valence-electron chi connectivity index (χ1n) is 8.93. The molecule has 27 heavy (non-hydrogen) atoms. The van der Waals surface area contributed by atoms with Crippen LogP contribution < -0.4 is 0 Å². The second kappa shape index (κ2) is 9.11. The van der Waals surface area contributed by atoms with Crippen LogP contribution in [0.4, 0.5) is 0 Å². The van der Waals surface area contributed by atoms with E-state index in [0.717, 1.165) is 25.7 Å². The third-order valence-electron chi connectivity index (χ3n) is 5.05. The minimum atomic E-state index is 0.0372. The monoisotopic (exact) mass is 447 g/mol. The molecule has 0 aromatic heterocycles. The summed E-state index contributed by atoms with van der Waals surface area (Å²) < 4.78 is 0. The Balaban J connectivity index is 1.92. The highest BCUT2D eigenvalue weighted by Gasteiger charge is 2.24. The maximum Gasteiger partial charge on any atom is 0.138 e. The van der Waals surface area contributed by atoms with Gasteiger partial charge in [-0.25, -0.2) is 0 Å². The third-order valence-corrected chi connectivity index (χ3v) is 6.06. The van der Waals surface area contributed by atoms with E-state index in [1.165, 1.54) is 18.6 Å². The average molecular weight is 449 g/mol. The number of phenols is 2. The van der Waals surface area contributed by atoms with Gasteiger partial charge in [0.15, 0.2) is 0 Å². The van der Waals surface area contributed by atoms with Crippen LogP contribution in [0.5, 0.6) is 11.5 Å². The van der Waals surface area contributed by atoms with Gasteiger partial charge < -0.3 is 10.2 Å². The molecule has 0 atom stereocenters. The van der Waals surface area contributed by atoms with Gasteiger partial charge in [0.1, 0.15) is 11.5 Å². The molecular weight excluding hydrogens is 428 g/mol. The van der Waals surface area contributed by atoms with E-state index in [1.807, 2.05) is 0 Å². The first-order chi connectivity index (χ1) is 12.8. The highest BCUT2D eigenvalue weighted by molar-refractivity contribution is 6.36. The van der Waals surface area contributed by atoms with E-state index in [0.29, 0.717) is 40.3 Å². The van der Waals surface area contributed by atoms with Gasteiger partial charge in [0, 0.05) is 40.3 Å². The minimum Gasteiger partial charge on any atom is -0.506 e. The number of phenolic OH excluding ortho intramolecular Hbond substituents is 2. The number of rotatable bonds is 5. The number of hydrogen-bond acceptors (Lipinski definition) is 3. The Labute approximate surface area is 179 Å². The lowest BCUT2D eigenvalue weighted by Crippen LogP contribution is -2.36. The second-order valence-electron chi connectivity index (χ2n) is 6.99. The van der Waals surface area contributed by atoms with Crippen molar-refractivity contribution >= 4 is 46.4 Å². The van der Waals surface area contributed by atoms with Crippen molar-refractivity contribution in [2.45, 2.75) is 51.2 Å². The predicted molar refractivity (Wildman–Crippen MR) is 112 cm³/mol. The highest BCUT2D eigenvalue weighted by atomic mass is 35.5. The van der Waals surface area contributed by atoms with Crippen LogP contribution in [0.15, 0.2) is 24.3 Å². The summed E-state index contributed by atoms with van der Waals surface area (Å²) in [6.45, 7) is 0.917. The highest BCUT2D eigenvalue weighted by Crippen LogP contribution is 2.36. The van der Waals surface area contributed by atoms with Gasteiger partial charge in [-0.3, -0.25) is 4.90 Å². The molecule has 0 bridgehead atoms. The van der Waals surface area contributed by atoms with Gasteiger partial charge in [-0.1, -0.05) is 65.7 Å². The molecule has 1 fully saturated rings. The maximum absolute atomic E-state index is 10.4. The van der Waals surface area contributed by atoms with E-state index in [2.05, 4.69) is 4.90 Å². The zero-order chi connectivity index (χ0) is 19.6. The lowest BCUT2D eigenvalue weighted by molar-refractivity contribution is 0.137. The van der Waals surface area contributed by atoms with Crippen molar-refractivity contribution in [1.29, 1.82) is 0 Å². The molecule has 1 saturated carbocycles. The third kappa shape index (κ3) is 5.16. The van der Waals surface area contributed by atoms with Crippen LogP contribution in [0.3, 0.4) is 0 Å². The van der Waals surface area contributed by atoms with Crippen molar-refractivity contribution in [3.05, 3.63) is 55.5 Å². The number of nitrogens with zero attached hydrogens (tertiary/aromatic N) is 1. The normalized spacial score (nSPS) is 15.4. The molecular formula is C20H21Cl4NO2. The summed E-state index contributed by atoms with van der Waals surface area (Å²) in [6, 6.07) is 6.82. The van der Waals surface area contributed by atoms with Crippen molar-refractivity contribution in [2.24, 2.45) is 0 Å². The Morgan fingerprint density at radius 1 is 0.741 bits per heavy atom. The summed E-state index contributed by atoms with van der Waals surface area (Å²) in [7, 11) is 0. The molecule has 2 aromatic rings. The van der Waals surface area contributed by atoms with Crippen LogP contribution >= 0.6 is 46.4 Å². The molecule has 0 heterocycles. The SMILES string of the molecule is Oc1c(Cl)cc(Cl)cc1CN(Cc1cc(Cl)cc(Cl)c1O)C1CCCCC1. The number of hydrogen-bond donors (Lipinski definition) is 2. The molecule has 0 amide bonds. The van der Waals surface area contributed by atoms with Gasteiger partial charge in [0.05, 0.1) is 10.0 Å². The molecule has 0 aliphatic heterocycles. The van der Waals surface area contributed by atoms with Crippen molar-refractivity contribution in [2.75, 3.05) is 0 Å². The number of halogens is 4. The Morgan fingerprint density at radius 3 is 1.63 bits per heavy atom. The van der Waals surface area contributed by atoms with E-state index in [4.69, 9.17) is 46.4 Å². The summed E-state index contributed by atoms with van der Waals surface area (Å²) in [6.07, 6.45) is 5.67. The van der Waals surface area contributed by atoms with E-state index < -0.39 is 0 Å². The largest absolute Gasteiger partial charge is 0.506 e. The molecule has 1 aliphatic rings. The molecule has 0 saturated heterocycles. The summed E-state index contributed by atoms with van der Waals surface area (Å²) in [4.78, 5) is 2.22. The number of aromatic hydroxyl groups is 2. The molecule has 0 radical (unpaired) electrons. The Bertz CT molecular complexity index is 763. The zero-order valence-corrected chi connectivity index (χ0v) is 17.7. The number of benzene rings is 2.